The van der Waals surface area contributed by atoms with Crippen LogP contribution in [-0.4, -0.2) is 6.10 Å². The average molecular weight is 243 g/mol. The van der Waals surface area contributed by atoms with Crippen molar-refractivity contribution in [2.75, 3.05) is 0 Å². The quantitative estimate of drug-likeness (QED) is 0.781. The van der Waals surface area contributed by atoms with E-state index in [0.717, 1.165) is 18.6 Å². The summed E-state index contributed by atoms with van der Waals surface area (Å²) in [6.07, 6.45) is 3.75. The van der Waals surface area contributed by atoms with Gasteiger partial charge in [0.2, 0.25) is 0 Å². The van der Waals surface area contributed by atoms with Gasteiger partial charge in [0.1, 0.15) is 5.75 Å². The smallest absolute Gasteiger partial charge is 0.121 e. The molecule has 0 bridgehead atoms. The molecule has 0 aromatic heterocycles. The lowest BCUT2D eigenvalue weighted by Crippen LogP contribution is -2.34. The molecule has 0 radical (unpaired) electrons. The van der Waals surface area contributed by atoms with Gasteiger partial charge in [0.25, 0.3) is 0 Å². The Morgan fingerprint density at radius 2 is 2.11 bits per heavy atom. The third-order valence-electron chi connectivity index (χ3n) is 3.61. The number of nitriles is 1. The predicted octanol–water partition coefficient (Wildman–Crippen LogP) is 4.15. The van der Waals surface area contributed by atoms with Crippen molar-refractivity contribution in [3.8, 4) is 11.8 Å². The topological polar surface area (TPSA) is 33.0 Å². The van der Waals surface area contributed by atoms with Crippen LogP contribution in [0.5, 0.6) is 5.75 Å². The van der Waals surface area contributed by atoms with Gasteiger partial charge in [-0.25, -0.2) is 0 Å². The van der Waals surface area contributed by atoms with E-state index in [1.165, 1.54) is 6.42 Å². The summed E-state index contributed by atoms with van der Waals surface area (Å²) in [5, 5.41) is 8.89. The van der Waals surface area contributed by atoms with E-state index in [1.54, 1.807) is 6.07 Å². The van der Waals surface area contributed by atoms with Crippen molar-refractivity contribution in [3.05, 3.63) is 29.8 Å². The minimum absolute atomic E-state index is 0.276. The standard InChI is InChI=1S/C16H21NO/c1-12-7-15(10-16(2,3)9-12)18-14-6-4-5-13(8-14)11-17/h4-6,8,12,15H,7,9-10H2,1-3H3. The second-order valence-electron chi connectivity index (χ2n) is 6.29. The number of benzene rings is 1. The van der Waals surface area contributed by atoms with Gasteiger partial charge >= 0.3 is 0 Å². The summed E-state index contributed by atoms with van der Waals surface area (Å²) in [5.74, 6) is 1.53. The maximum Gasteiger partial charge on any atom is 0.121 e. The number of nitrogens with zero attached hydrogens (tertiary/aromatic N) is 1. The first-order chi connectivity index (χ1) is 8.48. The van der Waals surface area contributed by atoms with Crippen molar-refractivity contribution in [1.82, 2.24) is 0 Å². The Bertz CT molecular complexity index is 458. The first-order valence-electron chi connectivity index (χ1n) is 6.65. The maximum absolute atomic E-state index is 8.89. The van der Waals surface area contributed by atoms with Crippen LogP contribution < -0.4 is 4.74 Å². The third-order valence-corrected chi connectivity index (χ3v) is 3.61. The van der Waals surface area contributed by atoms with Crippen molar-refractivity contribution in [2.45, 2.75) is 46.1 Å². The zero-order chi connectivity index (χ0) is 13.2. The van der Waals surface area contributed by atoms with E-state index < -0.39 is 0 Å². The van der Waals surface area contributed by atoms with Crippen molar-refractivity contribution < 1.29 is 4.74 Å². The molecule has 0 spiro atoms. The summed E-state index contributed by atoms with van der Waals surface area (Å²) in [4.78, 5) is 0. The molecule has 0 amide bonds. The molecule has 1 aromatic carbocycles. The first kappa shape index (κ1) is 13.0. The molecule has 2 unspecified atom stereocenters. The van der Waals surface area contributed by atoms with Crippen molar-refractivity contribution in [3.63, 3.8) is 0 Å². The van der Waals surface area contributed by atoms with Gasteiger partial charge in [0, 0.05) is 0 Å². The van der Waals surface area contributed by atoms with Gasteiger partial charge < -0.3 is 4.74 Å². The Labute approximate surface area is 110 Å². The highest BCUT2D eigenvalue weighted by molar-refractivity contribution is 5.36. The molecular formula is C16H21NO. The SMILES string of the molecule is CC1CC(Oc2cccc(C#N)c2)CC(C)(C)C1. The summed E-state index contributed by atoms with van der Waals surface area (Å²) in [5.41, 5.74) is 1.02. The fourth-order valence-corrected chi connectivity index (χ4v) is 3.18. The lowest BCUT2D eigenvalue weighted by Gasteiger charge is -2.38. The van der Waals surface area contributed by atoms with Gasteiger partial charge in [0.15, 0.2) is 0 Å². The first-order valence-corrected chi connectivity index (χ1v) is 6.65. The molecule has 1 aliphatic rings. The minimum Gasteiger partial charge on any atom is -0.490 e. The van der Waals surface area contributed by atoms with E-state index in [-0.39, 0.29) is 6.10 Å². The van der Waals surface area contributed by atoms with Gasteiger partial charge in [-0.15, -0.1) is 0 Å². The van der Waals surface area contributed by atoms with E-state index in [0.29, 0.717) is 16.9 Å². The van der Waals surface area contributed by atoms with Gasteiger partial charge in [-0.3, -0.25) is 0 Å². The van der Waals surface area contributed by atoms with Gasteiger partial charge in [-0.05, 0) is 48.8 Å². The molecule has 0 saturated heterocycles. The molecule has 0 aliphatic heterocycles. The number of hydrogen-bond donors (Lipinski definition) is 0. The Morgan fingerprint density at radius 3 is 2.78 bits per heavy atom. The lowest BCUT2D eigenvalue weighted by atomic mass is 9.71. The molecule has 1 fully saturated rings. The van der Waals surface area contributed by atoms with Gasteiger partial charge in [0.05, 0.1) is 17.7 Å². The summed E-state index contributed by atoms with van der Waals surface area (Å²) >= 11 is 0. The van der Waals surface area contributed by atoms with Crippen LogP contribution in [-0.2, 0) is 0 Å². The van der Waals surface area contributed by atoms with Gasteiger partial charge in [-0.2, -0.15) is 5.26 Å². The van der Waals surface area contributed by atoms with E-state index >= 15 is 0 Å². The summed E-state index contributed by atoms with van der Waals surface area (Å²) < 4.78 is 6.05. The molecule has 2 heteroatoms. The van der Waals surface area contributed by atoms with Crippen molar-refractivity contribution in [1.29, 1.82) is 5.26 Å². The van der Waals surface area contributed by atoms with Crippen LogP contribution in [0.2, 0.25) is 0 Å². The highest BCUT2D eigenvalue weighted by atomic mass is 16.5. The van der Waals surface area contributed by atoms with Crippen LogP contribution in [0.15, 0.2) is 24.3 Å². The van der Waals surface area contributed by atoms with Crippen LogP contribution in [0.3, 0.4) is 0 Å². The van der Waals surface area contributed by atoms with Crippen LogP contribution in [0, 0.1) is 22.7 Å². The zero-order valence-electron chi connectivity index (χ0n) is 11.4. The molecule has 2 atom stereocenters. The zero-order valence-corrected chi connectivity index (χ0v) is 11.4. The highest BCUT2D eigenvalue weighted by Crippen LogP contribution is 2.39. The molecular weight excluding hydrogens is 222 g/mol. The maximum atomic E-state index is 8.89. The van der Waals surface area contributed by atoms with Gasteiger partial charge in [-0.1, -0.05) is 26.8 Å². The molecule has 1 saturated carbocycles. The van der Waals surface area contributed by atoms with Crippen LogP contribution >= 0.6 is 0 Å². The van der Waals surface area contributed by atoms with Crippen LogP contribution in [0.25, 0.3) is 0 Å². The molecule has 2 nitrogen and oxygen atoms in total. The Kier molecular flexibility index (Phi) is 3.61. The normalized spacial score (nSPS) is 26.3. The molecule has 0 N–H and O–H groups in total. The lowest BCUT2D eigenvalue weighted by molar-refractivity contribution is 0.0562. The molecule has 96 valence electrons. The minimum atomic E-state index is 0.276. The fourth-order valence-electron chi connectivity index (χ4n) is 3.18. The molecule has 1 aliphatic carbocycles. The summed E-state index contributed by atoms with van der Waals surface area (Å²) in [7, 11) is 0. The second-order valence-corrected chi connectivity index (χ2v) is 6.29. The molecule has 18 heavy (non-hydrogen) atoms. The largest absolute Gasteiger partial charge is 0.490 e. The number of ether oxygens (including phenoxy) is 1. The monoisotopic (exact) mass is 243 g/mol. The molecule has 2 rings (SSSR count). The molecule has 0 heterocycles. The Hall–Kier alpha value is -1.49. The Morgan fingerprint density at radius 1 is 1.33 bits per heavy atom. The van der Waals surface area contributed by atoms with Crippen LogP contribution in [0.1, 0.15) is 45.6 Å². The van der Waals surface area contributed by atoms with Crippen molar-refractivity contribution >= 4 is 0 Å². The Balaban J connectivity index is 2.07. The predicted molar refractivity (Wildman–Crippen MR) is 72.4 cm³/mol. The average Bonchev–Trinajstić information content (AvgIpc) is 2.26. The molecule has 1 aromatic rings. The summed E-state index contributed by atoms with van der Waals surface area (Å²) in [6.45, 7) is 6.92. The fraction of sp³-hybridized carbons (Fsp3) is 0.562. The highest BCUT2D eigenvalue weighted by Gasteiger charge is 2.33. The van der Waals surface area contributed by atoms with Crippen LogP contribution in [0.4, 0.5) is 0 Å². The van der Waals surface area contributed by atoms with E-state index in [4.69, 9.17) is 10.00 Å². The number of rotatable bonds is 2. The van der Waals surface area contributed by atoms with E-state index in [9.17, 15) is 0 Å². The second kappa shape index (κ2) is 5.02. The number of hydrogen-bond acceptors (Lipinski definition) is 2. The van der Waals surface area contributed by atoms with E-state index in [1.807, 2.05) is 18.2 Å². The summed E-state index contributed by atoms with van der Waals surface area (Å²) in [6, 6.07) is 9.60. The third kappa shape index (κ3) is 3.26. The van der Waals surface area contributed by atoms with E-state index in [2.05, 4.69) is 26.8 Å². The van der Waals surface area contributed by atoms with Crippen molar-refractivity contribution in [2.24, 2.45) is 11.3 Å².